The summed E-state index contributed by atoms with van der Waals surface area (Å²) in [5.41, 5.74) is -0.530. The van der Waals surface area contributed by atoms with Gasteiger partial charge < -0.3 is 25.2 Å². The molecule has 1 rings (SSSR count). The lowest BCUT2D eigenvalue weighted by atomic mass is 10.1. The second-order valence-electron chi connectivity index (χ2n) is 4.93. The monoisotopic (exact) mass is 296 g/mol. The van der Waals surface area contributed by atoms with Gasteiger partial charge in [-0.1, -0.05) is 6.07 Å². The van der Waals surface area contributed by atoms with Crippen LogP contribution in [0.5, 0.6) is 11.5 Å². The number of urea groups is 1. The Kier molecular flexibility index (Phi) is 5.40. The van der Waals surface area contributed by atoms with Crippen LogP contribution in [0.3, 0.4) is 0 Å². The van der Waals surface area contributed by atoms with Crippen molar-refractivity contribution >= 4 is 12.0 Å². The summed E-state index contributed by atoms with van der Waals surface area (Å²) < 4.78 is 10.3. The van der Waals surface area contributed by atoms with Gasteiger partial charge in [0, 0.05) is 6.54 Å². The average Bonchev–Trinajstić information content (AvgIpc) is 2.44. The summed E-state index contributed by atoms with van der Waals surface area (Å²) in [6, 6.07) is 4.69. The first kappa shape index (κ1) is 16.6. The van der Waals surface area contributed by atoms with Gasteiger partial charge in [-0.2, -0.15) is 0 Å². The second-order valence-corrected chi connectivity index (χ2v) is 4.93. The summed E-state index contributed by atoms with van der Waals surface area (Å²) in [6.45, 7) is 3.05. The number of hydrogen-bond donors (Lipinski definition) is 3. The Morgan fingerprint density at radius 2 is 1.81 bits per heavy atom. The zero-order valence-electron chi connectivity index (χ0n) is 12.5. The number of hydrogen-bond acceptors (Lipinski definition) is 4. The molecule has 0 aliphatic rings. The molecule has 1 aromatic carbocycles. The zero-order chi connectivity index (χ0) is 16.0. The quantitative estimate of drug-likeness (QED) is 0.736. The van der Waals surface area contributed by atoms with Gasteiger partial charge in [0.2, 0.25) is 0 Å². The first-order valence-corrected chi connectivity index (χ1v) is 6.30. The smallest absolute Gasteiger partial charge is 0.328 e. The standard InChI is InChI=1S/C14H20N2O5/c1-14(2,12(17)18)16-13(19)15-8-9-5-6-10(20-3)11(7-9)21-4/h5-7H,8H2,1-4H3,(H,17,18)(H2,15,16,19). The Labute approximate surface area is 123 Å². The number of rotatable bonds is 6. The number of carboxylic acid groups (broad SMARTS) is 1. The Morgan fingerprint density at radius 3 is 2.33 bits per heavy atom. The fourth-order valence-corrected chi connectivity index (χ4v) is 1.55. The number of carboxylic acids is 1. The Bertz CT molecular complexity index is 528. The van der Waals surface area contributed by atoms with Gasteiger partial charge in [-0.05, 0) is 31.5 Å². The van der Waals surface area contributed by atoms with Gasteiger partial charge >= 0.3 is 12.0 Å². The van der Waals surface area contributed by atoms with Crippen LogP contribution in [0.2, 0.25) is 0 Å². The van der Waals surface area contributed by atoms with Crippen molar-refractivity contribution in [2.45, 2.75) is 25.9 Å². The minimum Gasteiger partial charge on any atom is -0.493 e. The number of aliphatic carboxylic acids is 1. The Hall–Kier alpha value is -2.44. The maximum absolute atomic E-state index is 11.7. The van der Waals surface area contributed by atoms with Gasteiger partial charge in [0.15, 0.2) is 11.5 Å². The molecule has 0 aliphatic heterocycles. The summed E-state index contributed by atoms with van der Waals surface area (Å²) in [5, 5.41) is 13.9. The largest absolute Gasteiger partial charge is 0.493 e. The van der Waals surface area contributed by atoms with Crippen molar-refractivity contribution in [1.82, 2.24) is 10.6 Å². The van der Waals surface area contributed by atoms with Crippen LogP contribution in [0, 0.1) is 0 Å². The summed E-state index contributed by atoms with van der Waals surface area (Å²) in [6.07, 6.45) is 0. The molecule has 7 nitrogen and oxygen atoms in total. The highest BCUT2D eigenvalue weighted by Gasteiger charge is 2.28. The predicted octanol–water partition coefficient (Wildman–Crippen LogP) is 1.37. The van der Waals surface area contributed by atoms with E-state index in [1.807, 2.05) is 0 Å². The average molecular weight is 296 g/mol. The minimum absolute atomic E-state index is 0.238. The number of amides is 2. The van der Waals surface area contributed by atoms with Crippen LogP contribution >= 0.6 is 0 Å². The van der Waals surface area contributed by atoms with Gasteiger partial charge in [-0.3, -0.25) is 0 Å². The van der Waals surface area contributed by atoms with Crippen molar-refractivity contribution in [3.8, 4) is 11.5 Å². The predicted molar refractivity (Wildman–Crippen MR) is 76.6 cm³/mol. The van der Waals surface area contributed by atoms with E-state index in [0.29, 0.717) is 11.5 Å². The molecule has 7 heteroatoms. The van der Waals surface area contributed by atoms with E-state index in [-0.39, 0.29) is 6.54 Å². The normalized spacial score (nSPS) is 10.7. The van der Waals surface area contributed by atoms with Crippen LogP contribution in [-0.4, -0.2) is 36.9 Å². The number of benzene rings is 1. The Morgan fingerprint density at radius 1 is 1.19 bits per heavy atom. The summed E-state index contributed by atoms with van der Waals surface area (Å²) in [5.74, 6) is 0.0459. The number of nitrogens with one attached hydrogen (secondary N) is 2. The van der Waals surface area contributed by atoms with Crippen molar-refractivity contribution in [2.75, 3.05) is 14.2 Å². The van der Waals surface area contributed by atoms with Crippen molar-refractivity contribution in [1.29, 1.82) is 0 Å². The molecule has 21 heavy (non-hydrogen) atoms. The molecule has 0 saturated carbocycles. The first-order chi connectivity index (χ1) is 9.80. The molecular formula is C14H20N2O5. The van der Waals surface area contributed by atoms with Crippen molar-refractivity contribution in [3.05, 3.63) is 23.8 Å². The van der Waals surface area contributed by atoms with E-state index in [2.05, 4.69) is 10.6 Å². The molecule has 0 bridgehead atoms. The molecule has 0 aromatic heterocycles. The third-order valence-corrected chi connectivity index (χ3v) is 2.86. The summed E-state index contributed by atoms with van der Waals surface area (Å²) in [4.78, 5) is 22.6. The zero-order valence-corrected chi connectivity index (χ0v) is 12.5. The highest BCUT2D eigenvalue weighted by molar-refractivity contribution is 5.85. The van der Waals surface area contributed by atoms with Crippen molar-refractivity contribution < 1.29 is 24.2 Å². The van der Waals surface area contributed by atoms with E-state index in [1.54, 1.807) is 18.2 Å². The first-order valence-electron chi connectivity index (χ1n) is 6.30. The fraction of sp³-hybridized carbons (Fsp3) is 0.429. The van der Waals surface area contributed by atoms with E-state index in [0.717, 1.165) is 5.56 Å². The fourth-order valence-electron chi connectivity index (χ4n) is 1.55. The van der Waals surface area contributed by atoms with E-state index in [4.69, 9.17) is 14.6 Å². The molecule has 0 unspecified atom stereocenters. The molecule has 2 amide bonds. The van der Waals surface area contributed by atoms with Crippen LogP contribution in [0.15, 0.2) is 18.2 Å². The molecule has 3 N–H and O–H groups in total. The molecule has 0 atom stereocenters. The van der Waals surface area contributed by atoms with E-state index < -0.39 is 17.5 Å². The van der Waals surface area contributed by atoms with Crippen LogP contribution in [0.4, 0.5) is 4.79 Å². The van der Waals surface area contributed by atoms with Gasteiger partial charge in [-0.15, -0.1) is 0 Å². The highest BCUT2D eigenvalue weighted by Crippen LogP contribution is 2.27. The summed E-state index contributed by atoms with van der Waals surface area (Å²) >= 11 is 0. The lowest BCUT2D eigenvalue weighted by molar-refractivity contribution is -0.142. The van der Waals surface area contributed by atoms with Crippen molar-refractivity contribution in [2.24, 2.45) is 0 Å². The SMILES string of the molecule is COc1ccc(CNC(=O)NC(C)(C)C(=O)O)cc1OC. The maximum Gasteiger partial charge on any atom is 0.328 e. The number of ether oxygens (including phenoxy) is 2. The molecule has 1 aromatic rings. The van der Waals surface area contributed by atoms with Gasteiger partial charge in [0.25, 0.3) is 0 Å². The maximum atomic E-state index is 11.7. The van der Waals surface area contributed by atoms with E-state index in [9.17, 15) is 9.59 Å². The molecule has 0 aliphatic carbocycles. The minimum atomic E-state index is -1.33. The van der Waals surface area contributed by atoms with E-state index >= 15 is 0 Å². The molecule has 0 saturated heterocycles. The summed E-state index contributed by atoms with van der Waals surface area (Å²) in [7, 11) is 3.06. The molecule has 0 fully saturated rings. The highest BCUT2D eigenvalue weighted by atomic mass is 16.5. The van der Waals surface area contributed by atoms with Gasteiger partial charge in [-0.25, -0.2) is 9.59 Å². The van der Waals surface area contributed by atoms with Gasteiger partial charge in [0.05, 0.1) is 14.2 Å². The lowest BCUT2D eigenvalue weighted by Gasteiger charge is -2.21. The van der Waals surface area contributed by atoms with Gasteiger partial charge in [0.1, 0.15) is 5.54 Å². The Balaban J connectivity index is 2.63. The molecule has 116 valence electrons. The van der Waals surface area contributed by atoms with Crippen molar-refractivity contribution in [3.63, 3.8) is 0 Å². The molecular weight excluding hydrogens is 276 g/mol. The van der Waals surface area contributed by atoms with Crippen LogP contribution in [0.25, 0.3) is 0 Å². The molecule has 0 spiro atoms. The topological polar surface area (TPSA) is 96.9 Å². The molecule has 0 radical (unpaired) electrons. The number of methoxy groups -OCH3 is 2. The molecule has 0 heterocycles. The van der Waals surface area contributed by atoms with Crippen LogP contribution < -0.4 is 20.1 Å². The van der Waals surface area contributed by atoms with Crippen LogP contribution in [-0.2, 0) is 11.3 Å². The number of carbonyl (C=O) groups is 2. The van der Waals surface area contributed by atoms with Crippen LogP contribution in [0.1, 0.15) is 19.4 Å². The third-order valence-electron chi connectivity index (χ3n) is 2.86. The second kappa shape index (κ2) is 6.83. The van der Waals surface area contributed by atoms with E-state index in [1.165, 1.54) is 28.1 Å². The third kappa shape index (κ3) is 4.55. The number of carbonyl (C=O) groups excluding carboxylic acids is 1. The lowest BCUT2D eigenvalue weighted by Crippen LogP contribution is -2.52.